The van der Waals surface area contributed by atoms with Gasteiger partial charge in [0, 0.05) is 11.1 Å². The van der Waals surface area contributed by atoms with Gasteiger partial charge in [-0.25, -0.2) is 8.42 Å². The van der Waals surface area contributed by atoms with Crippen molar-refractivity contribution >= 4 is 15.8 Å². The van der Waals surface area contributed by atoms with Crippen molar-refractivity contribution in [1.82, 2.24) is 4.72 Å². The first-order chi connectivity index (χ1) is 13.7. The van der Waals surface area contributed by atoms with E-state index in [-0.39, 0.29) is 27.8 Å². The number of sulfonamides is 1. The standard InChI is InChI=1S/C21H19NO6S/c23-17-7-9-18(10-8-17)29(27,28)22-21(26)13-12-16(20(25)14-21)6-11-19(24)15-4-2-1-3-5-15/h1-13,22-23,25-26H,14H2. The fraction of sp³-hybridized carbons (Fsp3) is 0.0952. The monoisotopic (exact) mass is 413 g/mol. The summed E-state index contributed by atoms with van der Waals surface area (Å²) >= 11 is 0. The van der Waals surface area contributed by atoms with Crippen molar-refractivity contribution in [2.24, 2.45) is 0 Å². The number of ketones is 1. The Hall–Kier alpha value is -3.20. The Balaban J connectivity index is 1.73. The number of phenolic OH excluding ortho intramolecular Hbond substituents is 1. The Morgan fingerprint density at radius 1 is 1.03 bits per heavy atom. The summed E-state index contributed by atoms with van der Waals surface area (Å²) < 4.78 is 27.0. The van der Waals surface area contributed by atoms with E-state index in [9.17, 15) is 28.5 Å². The van der Waals surface area contributed by atoms with Gasteiger partial charge in [0.1, 0.15) is 11.5 Å². The minimum Gasteiger partial charge on any atom is -0.512 e. The summed E-state index contributed by atoms with van der Waals surface area (Å²) in [6.07, 6.45) is 4.79. The quantitative estimate of drug-likeness (QED) is 0.328. The van der Waals surface area contributed by atoms with Crippen LogP contribution in [0.2, 0.25) is 0 Å². The van der Waals surface area contributed by atoms with Gasteiger partial charge in [0.05, 0.1) is 11.3 Å². The summed E-state index contributed by atoms with van der Waals surface area (Å²) in [5.41, 5.74) is -1.27. The van der Waals surface area contributed by atoms with Crippen LogP contribution in [0.25, 0.3) is 0 Å². The summed E-state index contributed by atoms with van der Waals surface area (Å²) in [4.78, 5) is 12.0. The number of allylic oxidation sites excluding steroid dienone is 4. The van der Waals surface area contributed by atoms with E-state index in [4.69, 9.17) is 0 Å². The third kappa shape index (κ3) is 5.00. The number of hydrogen-bond donors (Lipinski definition) is 4. The maximum atomic E-state index is 12.4. The lowest BCUT2D eigenvalue weighted by atomic mass is 9.97. The molecule has 7 nitrogen and oxygen atoms in total. The summed E-state index contributed by atoms with van der Waals surface area (Å²) in [6.45, 7) is 0. The zero-order chi connectivity index (χ0) is 21.1. The van der Waals surface area contributed by atoms with Crippen LogP contribution in [0.5, 0.6) is 5.75 Å². The second-order valence-corrected chi connectivity index (χ2v) is 8.18. The van der Waals surface area contributed by atoms with Crippen LogP contribution in [0, 0.1) is 0 Å². The number of aliphatic hydroxyl groups is 2. The Kier molecular flexibility index (Phi) is 5.69. The molecule has 0 heterocycles. The number of carbonyl (C=O) groups is 1. The van der Waals surface area contributed by atoms with E-state index >= 15 is 0 Å². The normalized spacial score (nSPS) is 19.6. The molecule has 2 aromatic rings. The predicted octanol–water partition coefficient (Wildman–Crippen LogP) is 2.57. The molecule has 0 saturated heterocycles. The number of aliphatic hydroxyl groups excluding tert-OH is 1. The second kappa shape index (κ2) is 8.04. The van der Waals surface area contributed by atoms with E-state index in [2.05, 4.69) is 4.72 Å². The zero-order valence-electron chi connectivity index (χ0n) is 15.2. The van der Waals surface area contributed by atoms with E-state index in [0.717, 1.165) is 0 Å². The lowest BCUT2D eigenvalue weighted by molar-refractivity contribution is 0.0657. The van der Waals surface area contributed by atoms with E-state index in [1.165, 1.54) is 48.6 Å². The maximum absolute atomic E-state index is 12.4. The molecule has 3 rings (SSSR count). The van der Waals surface area contributed by atoms with Crippen molar-refractivity contribution < 1.29 is 28.5 Å². The number of nitrogens with one attached hydrogen (secondary N) is 1. The van der Waals surface area contributed by atoms with E-state index in [0.29, 0.717) is 5.56 Å². The van der Waals surface area contributed by atoms with E-state index in [1.807, 2.05) is 0 Å². The number of benzene rings is 2. The SMILES string of the molecule is O=C(C=CC1=C(O)CC(O)(NS(=O)(=O)c2ccc(O)cc2)C=C1)c1ccccc1. The molecule has 0 radical (unpaired) electrons. The molecule has 2 aromatic carbocycles. The third-order valence-corrected chi connectivity index (χ3v) is 5.75. The molecule has 1 unspecified atom stereocenters. The maximum Gasteiger partial charge on any atom is 0.243 e. The molecule has 0 saturated carbocycles. The molecule has 0 spiro atoms. The fourth-order valence-corrected chi connectivity index (χ4v) is 3.96. The average molecular weight is 413 g/mol. The molecule has 0 aromatic heterocycles. The van der Waals surface area contributed by atoms with Crippen molar-refractivity contribution in [3.63, 3.8) is 0 Å². The molecular weight excluding hydrogens is 394 g/mol. The van der Waals surface area contributed by atoms with Gasteiger partial charge in [-0.3, -0.25) is 4.79 Å². The topological polar surface area (TPSA) is 124 Å². The Morgan fingerprint density at radius 2 is 1.69 bits per heavy atom. The molecule has 150 valence electrons. The number of hydrogen-bond acceptors (Lipinski definition) is 6. The highest BCUT2D eigenvalue weighted by Crippen LogP contribution is 2.27. The molecule has 0 amide bonds. The van der Waals surface area contributed by atoms with Gasteiger partial charge in [0.15, 0.2) is 11.5 Å². The molecule has 29 heavy (non-hydrogen) atoms. The molecule has 1 atom stereocenters. The molecule has 1 aliphatic rings. The molecule has 1 aliphatic carbocycles. The number of rotatable bonds is 6. The molecule has 4 N–H and O–H groups in total. The lowest BCUT2D eigenvalue weighted by Gasteiger charge is -2.28. The molecule has 0 aliphatic heterocycles. The van der Waals surface area contributed by atoms with Crippen LogP contribution >= 0.6 is 0 Å². The summed E-state index contributed by atoms with van der Waals surface area (Å²) in [7, 11) is -4.11. The average Bonchev–Trinajstić information content (AvgIpc) is 2.67. The van der Waals surface area contributed by atoms with Crippen molar-refractivity contribution in [1.29, 1.82) is 0 Å². The van der Waals surface area contributed by atoms with Crippen LogP contribution in [0.1, 0.15) is 16.8 Å². The molecule has 8 heteroatoms. The predicted molar refractivity (Wildman–Crippen MR) is 107 cm³/mol. The largest absolute Gasteiger partial charge is 0.512 e. The van der Waals surface area contributed by atoms with Gasteiger partial charge in [0.25, 0.3) is 0 Å². The van der Waals surface area contributed by atoms with Crippen LogP contribution in [-0.4, -0.2) is 35.2 Å². The van der Waals surface area contributed by atoms with Crippen LogP contribution < -0.4 is 4.72 Å². The van der Waals surface area contributed by atoms with Gasteiger partial charge in [-0.2, -0.15) is 4.72 Å². The third-order valence-electron chi connectivity index (χ3n) is 4.24. The van der Waals surface area contributed by atoms with Crippen LogP contribution in [0.4, 0.5) is 0 Å². The zero-order valence-corrected chi connectivity index (χ0v) is 16.0. The highest BCUT2D eigenvalue weighted by atomic mass is 32.2. The van der Waals surface area contributed by atoms with Gasteiger partial charge in [-0.1, -0.05) is 36.4 Å². The van der Waals surface area contributed by atoms with Crippen molar-refractivity contribution in [3.05, 3.63) is 95.8 Å². The first kappa shape index (κ1) is 20.5. The number of aromatic hydroxyl groups is 1. The highest BCUT2D eigenvalue weighted by molar-refractivity contribution is 7.89. The van der Waals surface area contributed by atoms with Crippen LogP contribution in [-0.2, 0) is 10.0 Å². The molecule has 0 fully saturated rings. The first-order valence-electron chi connectivity index (χ1n) is 8.63. The van der Waals surface area contributed by atoms with Crippen LogP contribution in [0.15, 0.2) is 95.1 Å². The van der Waals surface area contributed by atoms with Gasteiger partial charge in [0.2, 0.25) is 10.0 Å². The van der Waals surface area contributed by atoms with Gasteiger partial charge >= 0.3 is 0 Å². The van der Waals surface area contributed by atoms with Crippen molar-refractivity contribution in [2.75, 3.05) is 0 Å². The minimum absolute atomic E-state index is 0.0951. The Labute approximate surface area is 168 Å². The number of phenols is 1. The van der Waals surface area contributed by atoms with Gasteiger partial charge in [-0.15, -0.1) is 0 Å². The second-order valence-electron chi connectivity index (χ2n) is 6.50. The summed E-state index contributed by atoms with van der Waals surface area (Å²) in [5, 5.41) is 30.1. The van der Waals surface area contributed by atoms with Gasteiger partial charge in [-0.05, 0) is 42.5 Å². The lowest BCUT2D eigenvalue weighted by Crippen LogP contribution is -2.48. The van der Waals surface area contributed by atoms with Gasteiger partial charge < -0.3 is 15.3 Å². The smallest absolute Gasteiger partial charge is 0.243 e. The van der Waals surface area contributed by atoms with E-state index in [1.54, 1.807) is 30.3 Å². The number of carbonyl (C=O) groups excluding carboxylic acids is 1. The Bertz CT molecular complexity index is 1100. The van der Waals surface area contributed by atoms with Crippen LogP contribution in [0.3, 0.4) is 0 Å². The molecule has 0 bridgehead atoms. The van der Waals surface area contributed by atoms with Crippen molar-refractivity contribution in [3.8, 4) is 5.75 Å². The summed E-state index contributed by atoms with van der Waals surface area (Å²) in [5.74, 6) is -0.629. The first-order valence-corrected chi connectivity index (χ1v) is 10.1. The van der Waals surface area contributed by atoms with Crippen molar-refractivity contribution in [2.45, 2.75) is 17.0 Å². The summed E-state index contributed by atoms with van der Waals surface area (Å²) in [6, 6.07) is 13.4. The van der Waals surface area contributed by atoms with E-state index < -0.39 is 22.2 Å². The minimum atomic E-state index is -4.11. The molecular formula is C21H19NO6S. The highest BCUT2D eigenvalue weighted by Gasteiger charge is 2.34. The fourth-order valence-electron chi connectivity index (χ4n) is 2.74. The Morgan fingerprint density at radius 3 is 2.31 bits per heavy atom.